The number of aromatic nitrogens is 1. The van der Waals surface area contributed by atoms with Crippen molar-refractivity contribution in [1.29, 1.82) is 0 Å². The largest absolute Gasteiger partial charge is 0.492 e. The highest BCUT2D eigenvalue weighted by Gasteiger charge is 2.26. The van der Waals surface area contributed by atoms with Crippen LogP contribution in [-0.4, -0.2) is 23.0 Å². The molecule has 0 saturated carbocycles. The predicted octanol–water partition coefficient (Wildman–Crippen LogP) is 0.900. The number of hydrazine groups is 1. The Morgan fingerprint density at radius 3 is 2.88 bits per heavy atom. The molecule has 7 nitrogen and oxygen atoms in total. The summed E-state index contributed by atoms with van der Waals surface area (Å²) in [5, 5.41) is 0.574. The molecule has 0 spiro atoms. The second-order valence-corrected chi connectivity index (χ2v) is 6.10. The summed E-state index contributed by atoms with van der Waals surface area (Å²) in [6.45, 7) is 0.0358. The molecule has 2 aromatic rings. The predicted molar refractivity (Wildman–Crippen MR) is 91.1 cm³/mol. The number of benzene rings is 1. The number of halogens is 1. The normalized spacial score (nSPS) is 15.6. The van der Waals surface area contributed by atoms with Crippen LogP contribution in [-0.2, 0) is 22.6 Å². The van der Waals surface area contributed by atoms with Crippen molar-refractivity contribution in [3.05, 3.63) is 63.5 Å². The van der Waals surface area contributed by atoms with Crippen LogP contribution in [0.15, 0.2) is 47.4 Å². The third-order valence-electron chi connectivity index (χ3n) is 3.84. The third kappa shape index (κ3) is 4.19. The summed E-state index contributed by atoms with van der Waals surface area (Å²) in [5.74, 6) is -0.590. The Kier molecular flexibility index (Phi) is 5.04. The van der Waals surface area contributed by atoms with Crippen molar-refractivity contribution in [1.82, 2.24) is 15.4 Å². The van der Waals surface area contributed by atoms with E-state index in [4.69, 9.17) is 16.3 Å². The van der Waals surface area contributed by atoms with Gasteiger partial charge < -0.3 is 9.30 Å². The summed E-state index contributed by atoms with van der Waals surface area (Å²) in [4.78, 5) is 35.6. The zero-order valence-electron chi connectivity index (χ0n) is 13.2. The van der Waals surface area contributed by atoms with E-state index in [1.165, 1.54) is 16.8 Å². The standard InChI is InChI=1S/C17H16ClN3O4/c18-13-4-5-14-11(8-13)7-12(10-25-14)17(24)20-19-15(22)9-21-6-2-1-3-16(21)23/h1-6,8,12H,7,9-10H2,(H,19,22)(H,20,24)/t12-/m1/s1. The molecule has 1 aliphatic rings. The Morgan fingerprint density at radius 1 is 1.24 bits per heavy atom. The Morgan fingerprint density at radius 2 is 2.08 bits per heavy atom. The molecule has 0 saturated heterocycles. The first-order chi connectivity index (χ1) is 12.0. The summed E-state index contributed by atoms with van der Waals surface area (Å²) in [5.41, 5.74) is 5.24. The first-order valence-electron chi connectivity index (χ1n) is 7.68. The van der Waals surface area contributed by atoms with Crippen molar-refractivity contribution < 1.29 is 14.3 Å². The van der Waals surface area contributed by atoms with Crippen LogP contribution in [0.2, 0.25) is 5.02 Å². The van der Waals surface area contributed by atoms with Gasteiger partial charge in [0.2, 0.25) is 5.91 Å². The number of amides is 2. The zero-order chi connectivity index (χ0) is 17.8. The van der Waals surface area contributed by atoms with Crippen LogP contribution < -0.4 is 21.1 Å². The SMILES string of the molecule is O=C(Cn1ccccc1=O)NNC(=O)[C@H]1COc2ccc(Cl)cc2C1. The molecule has 25 heavy (non-hydrogen) atoms. The molecule has 2 amide bonds. The van der Waals surface area contributed by atoms with Gasteiger partial charge in [0, 0.05) is 17.3 Å². The van der Waals surface area contributed by atoms with E-state index in [0.29, 0.717) is 17.2 Å². The van der Waals surface area contributed by atoms with Crippen molar-refractivity contribution in [3.63, 3.8) is 0 Å². The lowest BCUT2D eigenvalue weighted by Gasteiger charge is -2.24. The summed E-state index contributed by atoms with van der Waals surface area (Å²) in [6, 6.07) is 9.85. The van der Waals surface area contributed by atoms with Crippen molar-refractivity contribution >= 4 is 23.4 Å². The molecule has 130 valence electrons. The van der Waals surface area contributed by atoms with Crippen molar-refractivity contribution in [2.75, 3.05) is 6.61 Å². The average Bonchev–Trinajstić information content (AvgIpc) is 2.61. The number of ether oxygens (including phenoxy) is 1. The van der Waals surface area contributed by atoms with Gasteiger partial charge in [0.1, 0.15) is 18.9 Å². The molecule has 2 N–H and O–H groups in total. The lowest BCUT2D eigenvalue weighted by atomic mass is 9.96. The minimum absolute atomic E-state index is 0.181. The molecule has 2 heterocycles. The molecule has 1 aliphatic heterocycles. The van der Waals surface area contributed by atoms with Gasteiger partial charge in [-0.25, -0.2) is 0 Å². The topological polar surface area (TPSA) is 89.4 Å². The van der Waals surface area contributed by atoms with E-state index in [1.807, 2.05) is 0 Å². The third-order valence-corrected chi connectivity index (χ3v) is 4.07. The maximum absolute atomic E-state index is 12.2. The molecule has 0 unspecified atom stereocenters. The number of nitrogens with zero attached hydrogens (tertiary/aromatic N) is 1. The van der Waals surface area contributed by atoms with Gasteiger partial charge in [-0.05, 0) is 36.2 Å². The molecule has 8 heteroatoms. The molecule has 1 aromatic heterocycles. The van der Waals surface area contributed by atoms with Crippen LogP contribution in [0.4, 0.5) is 0 Å². The molecule has 0 bridgehead atoms. The van der Waals surface area contributed by atoms with Gasteiger partial charge in [-0.3, -0.25) is 25.2 Å². The van der Waals surface area contributed by atoms with E-state index in [9.17, 15) is 14.4 Å². The van der Waals surface area contributed by atoms with Gasteiger partial charge in [0.25, 0.3) is 11.5 Å². The zero-order valence-corrected chi connectivity index (χ0v) is 14.0. The van der Waals surface area contributed by atoms with Gasteiger partial charge >= 0.3 is 0 Å². The highest BCUT2D eigenvalue weighted by atomic mass is 35.5. The quantitative estimate of drug-likeness (QED) is 0.795. The maximum Gasteiger partial charge on any atom is 0.258 e. The van der Waals surface area contributed by atoms with Crippen LogP contribution in [0.25, 0.3) is 0 Å². The Bertz CT molecular complexity index is 865. The molecule has 1 atom stereocenters. The van der Waals surface area contributed by atoms with Gasteiger partial charge in [0.15, 0.2) is 0 Å². The number of carbonyl (C=O) groups is 2. The second-order valence-electron chi connectivity index (χ2n) is 5.67. The summed E-state index contributed by atoms with van der Waals surface area (Å²) in [6.07, 6.45) is 1.97. The van der Waals surface area contributed by atoms with Crippen molar-refractivity contribution in [2.45, 2.75) is 13.0 Å². The molecule has 0 aliphatic carbocycles. The fourth-order valence-electron chi connectivity index (χ4n) is 2.55. The fourth-order valence-corrected chi connectivity index (χ4v) is 2.75. The molecule has 1 aromatic carbocycles. The summed E-state index contributed by atoms with van der Waals surface area (Å²) < 4.78 is 6.79. The van der Waals surface area contributed by atoms with E-state index >= 15 is 0 Å². The van der Waals surface area contributed by atoms with Crippen LogP contribution >= 0.6 is 11.6 Å². The Balaban J connectivity index is 1.54. The van der Waals surface area contributed by atoms with Gasteiger partial charge in [-0.2, -0.15) is 0 Å². The van der Waals surface area contributed by atoms with Gasteiger partial charge in [-0.15, -0.1) is 0 Å². The lowest BCUT2D eigenvalue weighted by molar-refractivity contribution is -0.132. The number of hydrogen-bond acceptors (Lipinski definition) is 4. The van der Waals surface area contributed by atoms with Gasteiger partial charge in [0.05, 0.1) is 5.92 Å². The first kappa shape index (κ1) is 17.0. The molecule has 0 radical (unpaired) electrons. The number of pyridine rings is 1. The number of rotatable bonds is 3. The van der Waals surface area contributed by atoms with E-state index in [0.717, 1.165) is 5.56 Å². The monoisotopic (exact) mass is 361 g/mol. The smallest absolute Gasteiger partial charge is 0.258 e. The Labute approximate surface area is 148 Å². The molecular formula is C17H16ClN3O4. The minimum Gasteiger partial charge on any atom is -0.492 e. The summed E-state index contributed by atoms with van der Waals surface area (Å²) in [7, 11) is 0. The Hall–Kier alpha value is -2.80. The fraction of sp³-hybridized carbons (Fsp3) is 0.235. The van der Waals surface area contributed by atoms with E-state index in [1.54, 1.807) is 30.3 Å². The first-order valence-corrected chi connectivity index (χ1v) is 8.06. The minimum atomic E-state index is -0.498. The number of hydrogen-bond donors (Lipinski definition) is 2. The lowest BCUT2D eigenvalue weighted by Crippen LogP contribution is -2.48. The van der Waals surface area contributed by atoms with Crippen molar-refractivity contribution in [3.8, 4) is 5.75 Å². The van der Waals surface area contributed by atoms with Crippen molar-refractivity contribution in [2.24, 2.45) is 5.92 Å². The summed E-state index contributed by atoms with van der Waals surface area (Å²) >= 11 is 5.96. The number of nitrogens with one attached hydrogen (secondary N) is 2. The molecular weight excluding hydrogens is 346 g/mol. The van der Waals surface area contributed by atoms with Crippen LogP contribution in [0, 0.1) is 5.92 Å². The van der Waals surface area contributed by atoms with Gasteiger partial charge in [-0.1, -0.05) is 17.7 Å². The second kappa shape index (κ2) is 7.40. The highest BCUT2D eigenvalue weighted by molar-refractivity contribution is 6.30. The van der Waals surface area contributed by atoms with Crippen LogP contribution in [0.3, 0.4) is 0 Å². The highest BCUT2D eigenvalue weighted by Crippen LogP contribution is 2.29. The number of fused-ring (bicyclic) bond motifs is 1. The molecule has 0 fully saturated rings. The molecule has 3 rings (SSSR count). The average molecular weight is 362 g/mol. The van der Waals surface area contributed by atoms with Crippen LogP contribution in [0.1, 0.15) is 5.56 Å². The van der Waals surface area contributed by atoms with E-state index in [-0.39, 0.29) is 24.6 Å². The van der Waals surface area contributed by atoms with E-state index < -0.39 is 11.8 Å². The number of carbonyl (C=O) groups excluding carboxylic acids is 2. The van der Waals surface area contributed by atoms with E-state index in [2.05, 4.69) is 10.9 Å². The van der Waals surface area contributed by atoms with Crippen LogP contribution in [0.5, 0.6) is 5.75 Å². The maximum atomic E-state index is 12.2.